The van der Waals surface area contributed by atoms with Crippen molar-refractivity contribution in [3.05, 3.63) is 46.6 Å². The molecule has 0 aliphatic heterocycles. The normalized spacial score (nSPS) is 41.3. The summed E-state index contributed by atoms with van der Waals surface area (Å²) in [6.07, 6.45) is 14.3. The molecule has 0 saturated heterocycles. The predicted octanol–water partition coefficient (Wildman–Crippen LogP) is 4.91. The van der Waals surface area contributed by atoms with Crippen molar-refractivity contribution < 1.29 is 4.79 Å². The van der Waals surface area contributed by atoms with E-state index in [0.717, 1.165) is 12.8 Å². The van der Waals surface area contributed by atoms with Crippen LogP contribution in [0.25, 0.3) is 0 Å². The molecule has 0 unspecified atom stereocenters. The lowest BCUT2D eigenvalue weighted by Gasteiger charge is -2.46. The maximum absolute atomic E-state index is 11.7. The Morgan fingerprint density at radius 2 is 2.00 bits per heavy atom. The van der Waals surface area contributed by atoms with E-state index in [9.17, 15) is 4.79 Å². The van der Waals surface area contributed by atoms with Crippen molar-refractivity contribution in [1.82, 2.24) is 0 Å². The van der Waals surface area contributed by atoms with Gasteiger partial charge in [0.2, 0.25) is 0 Å². The van der Waals surface area contributed by atoms with E-state index in [1.165, 1.54) is 24.8 Å². The van der Waals surface area contributed by atoms with Crippen LogP contribution >= 0.6 is 0 Å². The van der Waals surface area contributed by atoms with Gasteiger partial charge in [-0.05, 0) is 73.7 Å². The predicted molar refractivity (Wildman–Crippen MR) is 85.8 cm³/mol. The zero-order chi connectivity index (χ0) is 14.8. The molecule has 0 radical (unpaired) electrons. The van der Waals surface area contributed by atoms with Crippen LogP contribution < -0.4 is 0 Å². The van der Waals surface area contributed by atoms with Crippen molar-refractivity contribution in [2.45, 2.75) is 52.9 Å². The highest BCUT2D eigenvalue weighted by atomic mass is 16.1. The maximum atomic E-state index is 11.7. The Balaban J connectivity index is 1.87. The van der Waals surface area contributed by atoms with Crippen molar-refractivity contribution in [2.75, 3.05) is 0 Å². The van der Waals surface area contributed by atoms with Crippen molar-refractivity contribution >= 4 is 5.78 Å². The summed E-state index contributed by atoms with van der Waals surface area (Å²) >= 11 is 0. The van der Waals surface area contributed by atoms with E-state index in [1.807, 2.05) is 6.08 Å². The smallest absolute Gasteiger partial charge is 0.178 e. The molecular formula is C20H24O. The third-order valence-electron chi connectivity index (χ3n) is 6.33. The van der Waals surface area contributed by atoms with Gasteiger partial charge >= 0.3 is 0 Å². The van der Waals surface area contributed by atoms with E-state index in [0.29, 0.717) is 11.3 Å². The quantitative estimate of drug-likeness (QED) is 0.616. The summed E-state index contributed by atoms with van der Waals surface area (Å²) in [7, 11) is 0. The monoisotopic (exact) mass is 280 g/mol. The van der Waals surface area contributed by atoms with Gasteiger partial charge in [-0.3, -0.25) is 4.79 Å². The highest BCUT2D eigenvalue weighted by Gasteiger charge is 2.47. The Hall–Kier alpha value is -1.37. The largest absolute Gasteiger partial charge is 0.290 e. The number of hydrogen-bond acceptors (Lipinski definition) is 1. The maximum Gasteiger partial charge on any atom is 0.178 e. The first-order chi connectivity index (χ1) is 9.92. The van der Waals surface area contributed by atoms with Crippen LogP contribution in [0.1, 0.15) is 52.9 Å². The fraction of sp³-hybridized carbons (Fsp3) is 0.550. The molecule has 0 aromatic carbocycles. The van der Waals surface area contributed by atoms with Crippen LogP contribution in [0.2, 0.25) is 0 Å². The Morgan fingerprint density at radius 1 is 1.19 bits per heavy atom. The minimum absolute atomic E-state index is 0.00942. The number of allylic oxidation sites excluding steroid dienone is 8. The molecule has 0 N–H and O–H groups in total. The van der Waals surface area contributed by atoms with Crippen molar-refractivity contribution in [3.63, 3.8) is 0 Å². The summed E-state index contributed by atoms with van der Waals surface area (Å²) in [6.45, 7) is 7.13. The van der Waals surface area contributed by atoms with E-state index in [2.05, 4.69) is 32.9 Å². The molecule has 110 valence electrons. The van der Waals surface area contributed by atoms with Gasteiger partial charge in [0, 0.05) is 5.41 Å². The zero-order valence-corrected chi connectivity index (χ0v) is 13.3. The second kappa shape index (κ2) is 4.09. The van der Waals surface area contributed by atoms with Gasteiger partial charge in [-0.2, -0.15) is 0 Å². The molecule has 0 heterocycles. The molecule has 4 aliphatic rings. The highest BCUT2D eigenvalue weighted by molar-refractivity contribution is 6.01. The molecule has 0 fully saturated rings. The minimum atomic E-state index is 0.00942. The third-order valence-corrected chi connectivity index (χ3v) is 6.33. The van der Waals surface area contributed by atoms with Crippen LogP contribution in [0.4, 0.5) is 0 Å². The lowest BCUT2D eigenvalue weighted by molar-refractivity contribution is -0.110. The average Bonchev–Trinajstić information content (AvgIpc) is 2.74. The molecule has 3 atom stereocenters. The molecular weight excluding hydrogens is 256 g/mol. The number of ketones is 1. The first kappa shape index (κ1) is 13.3. The van der Waals surface area contributed by atoms with E-state index >= 15 is 0 Å². The van der Waals surface area contributed by atoms with Gasteiger partial charge in [0.25, 0.3) is 0 Å². The Morgan fingerprint density at radius 3 is 2.81 bits per heavy atom. The third kappa shape index (κ3) is 1.73. The zero-order valence-electron chi connectivity index (χ0n) is 13.3. The summed E-state index contributed by atoms with van der Waals surface area (Å²) in [5.74, 6) is 0.881. The molecule has 0 saturated carbocycles. The lowest BCUT2D eigenvalue weighted by Crippen LogP contribution is -2.34. The number of hydrogen-bond donors (Lipinski definition) is 0. The molecule has 0 bridgehead atoms. The Labute approximate surface area is 127 Å². The summed E-state index contributed by atoms with van der Waals surface area (Å²) in [5.41, 5.74) is 6.62. The molecule has 21 heavy (non-hydrogen) atoms. The van der Waals surface area contributed by atoms with Gasteiger partial charge in [-0.25, -0.2) is 0 Å². The molecule has 4 rings (SSSR count). The summed E-state index contributed by atoms with van der Waals surface area (Å²) in [6, 6.07) is 0. The molecule has 0 spiro atoms. The highest BCUT2D eigenvalue weighted by Crippen LogP contribution is 2.60. The van der Waals surface area contributed by atoms with E-state index < -0.39 is 0 Å². The van der Waals surface area contributed by atoms with Crippen LogP contribution in [0, 0.1) is 16.7 Å². The number of rotatable bonds is 0. The van der Waals surface area contributed by atoms with Gasteiger partial charge in [-0.1, -0.05) is 37.1 Å². The van der Waals surface area contributed by atoms with Crippen molar-refractivity contribution in [2.24, 2.45) is 16.7 Å². The molecule has 4 aliphatic carbocycles. The first-order valence-electron chi connectivity index (χ1n) is 8.32. The van der Waals surface area contributed by atoms with Crippen molar-refractivity contribution in [1.29, 1.82) is 0 Å². The van der Waals surface area contributed by atoms with E-state index in [4.69, 9.17) is 0 Å². The fourth-order valence-electron chi connectivity index (χ4n) is 5.25. The van der Waals surface area contributed by atoms with Gasteiger partial charge in [0.15, 0.2) is 5.78 Å². The first-order valence-corrected chi connectivity index (χ1v) is 8.32. The molecule has 0 aromatic heterocycles. The molecule has 0 aromatic rings. The van der Waals surface area contributed by atoms with Gasteiger partial charge < -0.3 is 0 Å². The number of carbonyl (C=O) groups is 1. The standard InChI is InChI=1S/C20H24O/c1-13-10-18-16-5-4-14-11-15(21)6-9-20(14,3)17(16)7-8-19(18,2)12-13/h6,9-11,13H,4-5,7-8,12H2,1-3H3/t13-,19-,20-/m1/s1. The Kier molecular flexibility index (Phi) is 2.59. The van der Waals surface area contributed by atoms with Gasteiger partial charge in [0.1, 0.15) is 0 Å². The van der Waals surface area contributed by atoms with Crippen LogP contribution in [-0.2, 0) is 4.79 Å². The van der Waals surface area contributed by atoms with Crippen LogP contribution in [0.15, 0.2) is 46.6 Å². The second-order valence-corrected chi connectivity index (χ2v) is 7.89. The number of fused-ring (bicyclic) bond motifs is 4. The van der Waals surface area contributed by atoms with Gasteiger partial charge in [-0.15, -0.1) is 0 Å². The van der Waals surface area contributed by atoms with Crippen LogP contribution in [-0.4, -0.2) is 5.78 Å². The lowest BCUT2D eigenvalue weighted by atomic mass is 9.57. The Bertz CT molecular complexity index is 657. The topological polar surface area (TPSA) is 17.1 Å². The SMILES string of the molecule is C[C@@H]1C=C2C3=C(CC[C@]2(C)C1)[C@]1(C)C=CC(=O)C=C1CC3. The van der Waals surface area contributed by atoms with Gasteiger partial charge in [0.05, 0.1) is 0 Å². The fourth-order valence-corrected chi connectivity index (χ4v) is 5.25. The number of carbonyl (C=O) groups excluding carboxylic acids is 1. The summed E-state index contributed by atoms with van der Waals surface area (Å²) < 4.78 is 0. The van der Waals surface area contributed by atoms with E-state index in [-0.39, 0.29) is 11.2 Å². The second-order valence-electron chi connectivity index (χ2n) is 7.89. The molecule has 1 nitrogen and oxygen atoms in total. The van der Waals surface area contributed by atoms with Crippen LogP contribution in [0.3, 0.4) is 0 Å². The summed E-state index contributed by atoms with van der Waals surface area (Å²) in [5, 5.41) is 0. The van der Waals surface area contributed by atoms with Crippen LogP contribution in [0.5, 0.6) is 0 Å². The molecule has 1 heteroatoms. The average molecular weight is 280 g/mol. The summed E-state index contributed by atoms with van der Waals surface area (Å²) in [4.78, 5) is 11.7. The molecule has 0 amide bonds. The minimum Gasteiger partial charge on any atom is -0.290 e. The van der Waals surface area contributed by atoms with Crippen molar-refractivity contribution in [3.8, 4) is 0 Å². The van der Waals surface area contributed by atoms with E-state index in [1.54, 1.807) is 22.8 Å².